The summed E-state index contributed by atoms with van der Waals surface area (Å²) in [7, 11) is 1.51. The quantitative estimate of drug-likeness (QED) is 0.188. The van der Waals surface area contributed by atoms with Crippen molar-refractivity contribution in [2.75, 3.05) is 13.7 Å². The van der Waals surface area contributed by atoms with Crippen LogP contribution in [-0.4, -0.2) is 44.3 Å². The van der Waals surface area contributed by atoms with Crippen LogP contribution in [0.5, 0.6) is 5.88 Å². The van der Waals surface area contributed by atoms with Crippen molar-refractivity contribution >= 4 is 17.0 Å². The number of fused-ring (bicyclic) bond motifs is 1. The van der Waals surface area contributed by atoms with Gasteiger partial charge in [0.2, 0.25) is 5.88 Å². The summed E-state index contributed by atoms with van der Waals surface area (Å²) in [4.78, 5) is 23.9. The topological polar surface area (TPSA) is 99.4 Å². The van der Waals surface area contributed by atoms with E-state index in [9.17, 15) is 23.1 Å². The van der Waals surface area contributed by atoms with Crippen LogP contribution in [0.4, 0.5) is 22.0 Å². The molecular formula is C30H23F5N4O4. The normalized spacial score (nSPS) is 11.7. The molecule has 5 aromatic rings. The van der Waals surface area contributed by atoms with Crippen molar-refractivity contribution in [2.45, 2.75) is 25.7 Å². The Bertz CT molecular complexity index is 1790. The van der Waals surface area contributed by atoms with Gasteiger partial charge in [0.1, 0.15) is 24.1 Å². The van der Waals surface area contributed by atoms with Gasteiger partial charge in [-0.15, -0.1) is 0 Å². The van der Waals surface area contributed by atoms with Crippen LogP contribution in [0.25, 0.3) is 22.3 Å². The molecule has 5 rings (SSSR count). The van der Waals surface area contributed by atoms with E-state index >= 15 is 8.78 Å². The molecule has 0 saturated heterocycles. The number of carbonyl (C=O) groups is 1. The number of ether oxygens (including phenoxy) is 2. The van der Waals surface area contributed by atoms with E-state index in [0.717, 1.165) is 18.2 Å². The number of imidazole rings is 1. The minimum Gasteiger partial charge on any atom is -0.478 e. The number of rotatable bonds is 10. The zero-order valence-electron chi connectivity index (χ0n) is 22.5. The third kappa shape index (κ3) is 6.61. The third-order valence-corrected chi connectivity index (χ3v) is 6.60. The molecule has 222 valence electrons. The molecule has 43 heavy (non-hydrogen) atoms. The standard InChI is InChI=1S/C30H23F5N4O4/c1-42-10-9-39-26-12-17(29(40)41)5-8-25(26)37-27(39)13-18-11-23(32)21(14-22(18)31)24-3-2-4-28(38-24)43-16-20-7-6-19(15-36-20)30(33,34)35/h2-8,11-12,14-15H,9-10,13,16H2,1H3,(H,40,41). The van der Waals surface area contributed by atoms with E-state index in [4.69, 9.17) is 9.47 Å². The number of benzene rings is 2. The van der Waals surface area contributed by atoms with Gasteiger partial charge in [-0.3, -0.25) is 4.98 Å². The average Bonchev–Trinajstić information content (AvgIpc) is 3.32. The number of nitrogens with zero attached hydrogens (tertiary/aromatic N) is 4. The smallest absolute Gasteiger partial charge is 0.417 e. The maximum Gasteiger partial charge on any atom is 0.417 e. The first-order chi connectivity index (χ1) is 20.5. The van der Waals surface area contributed by atoms with Gasteiger partial charge < -0.3 is 19.1 Å². The van der Waals surface area contributed by atoms with Gasteiger partial charge in [0.05, 0.1) is 40.2 Å². The molecule has 0 aliphatic carbocycles. The lowest BCUT2D eigenvalue weighted by atomic mass is 10.0. The number of hydrogen-bond donors (Lipinski definition) is 1. The summed E-state index contributed by atoms with van der Waals surface area (Å²) < 4.78 is 81.3. The Labute approximate surface area is 241 Å². The van der Waals surface area contributed by atoms with Gasteiger partial charge >= 0.3 is 12.1 Å². The predicted octanol–water partition coefficient (Wildman–Crippen LogP) is 6.30. The van der Waals surface area contributed by atoms with Crippen LogP contribution in [0.1, 0.15) is 33.0 Å². The summed E-state index contributed by atoms with van der Waals surface area (Å²) in [6, 6.07) is 13.0. The fourth-order valence-corrected chi connectivity index (χ4v) is 4.43. The summed E-state index contributed by atoms with van der Waals surface area (Å²) in [6.07, 6.45) is -3.90. The third-order valence-electron chi connectivity index (χ3n) is 6.60. The molecule has 0 saturated carbocycles. The van der Waals surface area contributed by atoms with Crippen molar-refractivity contribution in [2.24, 2.45) is 0 Å². The first-order valence-electron chi connectivity index (χ1n) is 12.8. The SMILES string of the molecule is COCCn1c(Cc2cc(F)c(-c3cccc(OCc4ccc(C(F)(F)F)cn4)n3)cc2F)nc2ccc(C(=O)O)cc21. The number of halogens is 5. The molecule has 0 atom stereocenters. The fraction of sp³-hybridized carbons (Fsp3) is 0.200. The zero-order valence-corrected chi connectivity index (χ0v) is 22.5. The van der Waals surface area contributed by atoms with Gasteiger partial charge in [0.15, 0.2) is 0 Å². The molecule has 0 radical (unpaired) electrons. The molecule has 8 nitrogen and oxygen atoms in total. The van der Waals surface area contributed by atoms with Gasteiger partial charge in [-0.05, 0) is 54.1 Å². The molecule has 13 heteroatoms. The zero-order chi connectivity index (χ0) is 30.7. The van der Waals surface area contributed by atoms with Crippen LogP contribution in [-0.2, 0) is 30.5 Å². The number of carboxylic acids is 1. The van der Waals surface area contributed by atoms with Crippen LogP contribution in [0.2, 0.25) is 0 Å². The molecule has 3 aromatic heterocycles. The van der Waals surface area contributed by atoms with Gasteiger partial charge in [-0.1, -0.05) is 6.07 Å². The largest absolute Gasteiger partial charge is 0.478 e. The number of carboxylic acid groups (broad SMARTS) is 1. The lowest BCUT2D eigenvalue weighted by Gasteiger charge is -2.12. The van der Waals surface area contributed by atoms with E-state index in [1.54, 1.807) is 10.6 Å². The molecule has 0 amide bonds. The highest BCUT2D eigenvalue weighted by molar-refractivity contribution is 5.92. The molecule has 3 heterocycles. The van der Waals surface area contributed by atoms with Crippen LogP contribution in [0, 0.1) is 11.6 Å². The monoisotopic (exact) mass is 598 g/mol. The van der Waals surface area contributed by atoms with E-state index in [0.29, 0.717) is 29.6 Å². The Balaban J connectivity index is 1.37. The maximum absolute atomic E-state index is 15.3. The van der Waals surface area contributed by atoms with Crippen LogP contribution in [0.15, 0.2) is 66.9 Å². The molecule has 0 aliphatic rings. The second-order valence-corrected chi connectivity index (χ2v) is 9.47. The fourth-order valence-electron chi connectivity index (χ4n) is 4.43. The first kappa shape index (κ1) is 29.6. The summed E-state index contributed by atoms with van der Waals surface area (Å²) >= 11 is 0. The number of aromatic nitrogens is 4. The van der Waals surface area contributed by atoms with Gasteiger partial charge in [0.25, 0.3) is 0 Å². The summed E-state index contributed by atoms with van der Waals surface area (Å²) in [5, 5.41) is 9.38. The van der Waals surface area contributed by atoms with E-state index in [1.807, 2.05) is 0 Å². The summed E-state index contributed by atoms with van der Waals surface area (Å²) in [6.45, 7) is 0.402. The van der Waals surface area contributed by atoms with Crippen molar-refractivity contribution in [3.05, 3.63) is 107 Å². The van der Waals surface area contributed by atoms with E-state index in [-0.39, 0.29) is 53.6 Å². The highest BCUT2D eigenvalue weighted by Gasteiger charge is 2.30. The van der Waals surface area contributed by atoms with E-state index in [2.05, 4.69) is 15.0 Å². The Hall–Kier alpha value is -4.91. The Kier molecular flexibility index (Phi) is 8.35. The first-order valence-corrected chi connectivity index (χ1v) is 12.8. The molecule has 2 aromatic carbocycles. The Morgan fingerprint density at radius 3 is 2.51 bits per heavy atom. The summed E-state index contributed by atoms with van der Waals surface area (Å²) in [5.74, 6) is -2.14. The Morgan fingerprint density at radius 2 is 1.81 bits per heavy atom. The van der Waals surface area contributed by atoms with Crippen molar-refractivity contribution < 1.29 is 41.3 Å². The number of aromatic carboxylic acids is 1. The van der Waals surface area contributed by atoms with Crippen LogP contribution < -0.4 is 4.74 Å². The van der Waals surface area contributed by atoms with Gasteiger partial charge in [0, 0.05) is 37.9 Å². The molecule has 0 spiro atoms. The minimum atomic E-state index is -4.51. The maximum atomic E-state index is 15.3. The highest BCUT2D eigenvalue weighted by atomic mass is 19.4. The number of pyridine rings is 2. The highest BCUT2D eigenvalue weighted by Crippen LogP contribution is 2.30. The van der Waals surface area contributed by atoms with Crippen molar-refractivity contribution in [1.82, 2.24) is 19.5 Å². The van der Waals surface area contributed by atoms with Crippen LogP contribution in [0.3, 0.4) is 0 Å². The molecule has 0 fully saturated rings. The lowest BCUT2D eigenvalue weighted by Crippen LogP contribution is -2.10. The summed E-state index contributed by atoms with van der Waals surface area (Å²) in [5.41, 5.74) is 0.392. The van der Waals surface area contributed by atoms with E-state index < -0.39 is 29.3 Å². The average molecular weight is 599 g/mol. The van der Waals surface area contributed by atoms with Crippen molar-refractivity contribution in [1.29, 1.82) is 0 Å². The van der Waals surface area contributed by atoms with E-state index in [1.165, 1.54) is 43.5 Å². The number of hydrogen-bond acceptors (Lipinski definition) is 6. The molecule has 0 aliphatic heterocycles. The number of methoxy groups -OCH3 is 1. The minimum absolute atomic E-state index is 0.0227. The number of alkyl halides is 3. The lowest BCUT2D eigenvalue weighted by molar-refractivity contribution is -0.137. The van der Waals surface area contributed by atoms with Crippen molar-refractivity contribution in [3.63, 3.8) is 0 Å². The molecular weight excluding hydrogens is 575 g/mol. The predicted molar refractivity (Wildman–Crippen MR) is 145 cm³/mol. The Morgan fingerprint density at radius 1 is 1.00 bits per heavy atom. The second kappa shape index (κ2) is 12.1. The van der Waals surface area contributed by atoms with Crippen LogP contribution >= 0.6 is 0 Å². The van der Waals surface area contributed by atoms with Gasteiger partial charge in [-0.25, -0.2) is 23.5 Å². The molecule has 0 unspecified atom stereocenters. The van der Waals surface area contributed by atoms with Gasteiger partial charge in [-0.2, -0.15) is 13.2 Å². The molecule has 0 bridgehead atoms. The van der Waals surface area contributed by atoms with Crippen molar-refractivity contribution in [3.8, 4) is 17.1 Å². The second-order valence-electron chi connectivity index (χ2n) is 9.47. The molecule has 1 N–H and O–H groups in total.